The van der Waals surface area contributed by atoms with E-state index in [1.54, 1.807) is 6.92 Å². The van der Waals surface area contributed by atoms with E-state index in [9.17, 15) is 14.9 Å². The molecular formula is C11H15NO4S. The number of nitrogens with zero attached hydrogens (tertiary/aromatic N) is 1. The molecule has 1 aromatic rings. The second-order valence-corrected chi connectivity index (χ2v) is 5.20. The van der Waals surface area contributed by atoms with Crippen molar-refractivity contribution in [2.75, 3.05) is 13.7 Å². The van der Waals surface area contributed by atoms with Crippen LogP contribution in [0.1, 0.15) is 22.6 Å². The third-order valence-corrected chi connectivity index (χ3v) is 3.78. The van der Waals surface area contributed by atoms with Crippen LogP contribution in [0.25, 0.3) is 0 Å². The highest BCUT2D eigenvalue weighted by molar-refractivity contribution is 7.12. The van der Waals surface area contributed by atoms with Crippen LogP contribution in [0, 0.1) is 23.0 Å². The Labute approximate surface area is 104 Å². The Morgan fingerprint density at radius 3 is 2.65 bits per heavy atom. The summed E-state index contributed by atoms with van der Waals surface area (Å²) in [6, 6.07) is 3.74. The number of carbonyl (C=O) groups is 1. The zero-order valence-corrected chi connectivity index (χ0v) is 10.8. The first-order valence-electron chi connectivity index (χ1n) is 5.21. The summed E-state index contributed by atoms with van der Waals surface area (Å²) in [6.07, 6.45) is 0. The van der Waals surface area contributed by atoms with Crippen LogP contribution in [-0.4, -0.2) is 24.5 Å². The number of esters is 1. The Hall–Kier alpha value is -1.43. The summed E-state index contributed by atoms with van der Waals surface area (Å²) in [6.45, 7) is 3.34. The van der Waals surface area contributed by atoms with E-state index in [4.69, 9.17) is 0 Å². The van der Waals surface area contributed by atoms with Gasteiger partial charge in [-0.2, -0.15) is 0 Å². The van der Waals surface area contributed by atoms with Gasteiger partial charge >= 0.3 is 5.97 Å². The zero-order chi connectivity index (χ0) is 13.0. The fourth-order valence-corrected chi connectivity index (χ4v) is 2.73. The third kappa shape index (κ3) is 3.52. The summed E-state index contributed by atoms with van der Waals surface area (Å²) >= 11 is 1.48. The highest BCUT2D eigenvalue weighted by Gasteiger charge is 2.31. The van der Waals surface area contributed by atoms with Crippen LogP contribution in [0.15, 0.2) is 12.1 Å². The van der Waals surface area contributed by atoms with Crippen LogP contribution in [0.3, 0.4) is 0 Å². The molecule has 0 bridgehead atoms. The Morgan fingerprint density at radius 2 is 2.24 bits per heavy atom. The molecule has 0 aliphatic rings. The number of aryl methyl sites for hydroxylation is 1. The van der Waals surface area contributed by atoms with Gasteiger partial charge in [-0.25, -0.2) is 0 Å². The van der Waals surface area contributed by atoms with Gasteiger partial charge in [0.15, 0.2) is 0 Å². The predicted molar refractivity (Wildman–Crippen MR) is 64.8 cm³/mol. The molecule has 2 atom stereocenters. The van der Waals surface area contributed by atoms with Crippen molar-refractivity contribution < 1.29 is 14.5 Å². The Morgan fingerprint density at radius 1 is 1.59 bits per heavy atom. The van der Waals surface area contributed by atoms with E-state index in [2.05, 4.69) is 4.74 Å². The van der Waals surface area contributed by atoms with Crippen LogP contribution < -0.4 is 0 Å². The van der Waals surface area contributed by atoms with E-state index in [0.717, 1.165) is 9.75 Å². The number of ether oxygens (including phenoxy) is 1. The molecule has 0 aliphatic heterocycles. The number of thiophene rings is 1. The summed E-state index contributed by atoms with van der Waals surface area (Å²) in [7, 11) is 1.29. The molecule has 0 aliphatic carbocycles. The van der Waals surface area contributed by atoms with Gasteiger partial charge in [0.05, 0.1) is 18.9 Å². The SMILES string of the molecule is COC(=O)C(C)[C@@H](C[N+](=O)[O-])c1ccc(C)s1. The average Bonchev–Trinajstić information content (AvgIpc) is 2.70. The van der Waals surface area contributed by atoms with Gasteiger partial charge in [0.2, 0.25) is 6.54 Å². The highest BCUT2D eigenvalue weighted by atomic mass is 32.1. The van der Waals surface area contributed by atoms with E-state index in [0.29, 0.717) is 0 Å². The summed E-state index contributed by atoms with van der Waals surface area (Å²) in [4.78, 5) is 23.7. The van der Waals surface area contributed by atoms with Crippen molar-refractivity contribution in [1.29, 1.82) is 0 Å². The van der Waals surface area contributed by atoms with E-state index < -0.39 is 17.8 Å². The van der Waals surface area contributed by atoms with Gasteiger partial charge in [0.1, 0.15) is 0 Å². The Balaban J connectivity index is 2.95. The topological polar surface area (TPSA) is 69.4 Å². The molecule has 1 rings (SSSR count). The highest BCUT2D eigenvalue weighted by Crippen LogP contribution is 2.31. The van der Waals surface area contributed by atoms with Crippen LogP contribution >= 0.6 is 11.3 Å². The summed E-state index contributed by atoms with van der Waals surface area (Å²) in [5, 5.41) is 10.7. The Bertz CT molecular complexity index is 415. The maximum atomic E-state index is 11.5. The molecule has 0 spiro atoms. The number of carbonyl (C=O) groups excluding carboxylic acids is 1. The molecule has 1 unspecified atom stereocenters. The first-order chi connectivity index (χ1) is 7.95. The minimum atomic E-state index is -0.511. The predicted octanol–water partition coefficient (Wildman–Crippen LogP) is 2.23. The third-order valence-electron chi connectivity index (χ3n) is 2.65. The minimum Gasteiger partial charge on any atom is -0.469 e. The molecule has 0 radical (unpaired) electrons. The standard InChI is InChI=1S/C11H15NO4S/c1-7-4-5-10(17-7)9(6-12(14)15)8(2)11(13)16-3/h4-5,8-9H,6H2,1-3H3/t8?,9-/m1/s1. The zero-order valence-electron chi connectivity index (χ0n) is 10.0. The van der Waals surface area contributed by atoms with Crippen LogP contribution in [0.5, 0.6) is 0 Å². The van der Waals surface area contributed by atoms with Crippen molar-refractivity contribution in [3.8, 4) is 0 Å². The maximum absolute atomic E-state index is 11.5. The molecule has 17 heavy (non-hydrogen) atoms. The Kier molecular flexibility index (Phi) is 4.62. The number of nitro groups is 1. The molecule has 0 N–H and O–H groups in total. The normalized spacial score (nSPS) is 14.1. The van der Waals surface area contributed by atoms with Crippen LogP contribution in [-0.2, 0) is 9.53 Å². The quantitative estimate of drug-likeness (QED) is 0.461. The maximum Gasteiger partial charge on any atom is 0.309 e. The number of methoxy groups -OCH3 is 1. The average molecular weight is 257 g/mol. The van der Waals surface area contributed by atoms with Crippen molar-refractivity contribution in [3.63, 3.8) is 0 Å². The summed E-state index contributed by atoms with van der Waals surface area (Å²) in [5.74, 6) is -1.34. The van der Waals surface area contributed by atoms with Crippen molar-refractivity contribution in [3.05, 3.63) is 32.0 Å². The van der Waals surface area contributed by atoms with Gasteiger partial charge in [-0.05, 0) is 19.1 Å². The van der Waals surface area contributed by atoms with Gasteiger partial charge in [-0.15, -0.1) is 11.3 Å². The number of rotatable bonds is 5. The lowest BCUT2D eigenvalue weighted by Gasteiger charge is -2.17. The van der Waals surface area contributed by atoms with Crippen LogP contribution in [0.4, 0.5) is 0 Å². The van der Waals surface area contributed by atoms with Gasteiger partial charge in [-0.3, -0.25) is 14.9 Å². The second kappa shape index (κ2) is 5.77. The molecule has 0 fully saturated rings. The molecule has 1 heterocycles. The first kappa shape index (κ1) is 13.6. The summed E-state index contributed by atoms with van der Waals surface area (Å²) < 4.78 is 4.65. The molecule has 5 nitrogen and oxygen atoms in total. The first-order valence-corrected chi connectivity index (χ1v) is 6.03. The van der Waals surface area contributed by atoms with Crippen molar-refractivity contribution in [2.45, 2.75) is 19.8 Å². The fourth-order valence-electron chi connectivity index (χ4n) is 1.66. The van der Waals surface area contributed by atoms with Gasteiger partial charge in [-0.1, -0.05) is 6.92 Å². The molecule has 1 aromatic heterocycles. The molecule has 6 heteroatoms. The minimum absolute atomic E-state index is 0.254. The van der Waals surface area contributed by atoms with E-state index in [1.807, 2.05) is 19.1 Å². The molecule has 0 saturated carbocycles. The van der Waals surface area contributed by atoms with E-state index in [1.165, 1.54) is 18.4 Å². The monoisotopic (exact) mass is 257 g/mol. The fraction of sp³-hybridized carbons (Fsp3) is 0.545. The second-order valence-electron chi connectivity index (χ2n) is 3.88. The molecule has 0 saturated heterocycles. The molecular weight excluding hydrogens is 242 g/mol. The smallest absolute Gasteiger partial charge is 0.309 e. The lowest BCUT2D eigenvalue weighted by Crippen LogP contribution is -2.25. The van der Waals surface area contributed by atoms with Crippen molar-refractivity contribution in [2.24, 2.45) is 5.92 Å². The summed E-state index contributed by atoms with van der Waals surface area (Å²) in [5.41, 5.74) is 0. The molecule has 0 amide bonds. The lowest BCUT2D eigenvalue weighted by molar-refractivity contribution is -0.484. The van der Waals surface area contributed by atoms with E-state index in [-0.39, 0.29) is 11.5 Å². The van der Waals surface area contributed by atoms with Crippen molar-refractivity contribution >= 4 is 17.3 Å². The van der Waals surface area contributed by atoms with Gasteiger partial charge < -0.3 is 4.74 Å². The largest absolute Gasteiger partial charge is 0.469 e. The van der Waals surface area contributed by atoms with E-state index >= 15 is 0 Å². The van der Waals surface area contributed by atoms with Gasteiger partial charge in [0.25, 0.3) is 0 Å². The van der Waals surface area contributed by atoms with Crippen LogP contribution in [0.2, 0.25) is 0 Å². The molecule has 94 valence electrons. The molecule has 0 aromatic carbocycles. The van der Waals surface area contributed by atoms with Gasteiger partial charge in [0, 0.05) is 14.7 Å². The lowest BCUT2D eigenvalue weighted by atomic mass is 9.92. The number of hydrogen-bond acceptors (Lipinski definition) is 5. The number of hydrogen-bond donors (Lipinski definition) is 0. The van der Waals surface area contributed by atoms with Crippen molar-refractivity contribution in [1.82, 2.24) is 0 Å².